The minimum Gasteiger partial charge on any atom is -0.494 e. The van der Waals surface area contributed by atoms with Gasteiger partial charge in [0.1, 0.15) is 5.75 Å². The molecule has 0 aromatic heterocycles. The minimum atomic E-state index is -0.167. The summed E-state index contributed by atoms with van der Waals surface area (Å²) in [4.78, 5) is 12.2. The van der Waals surface area contributed by atoms with Crippen LogP contribution in [0.15, 0.2) is 46.9 Å². The van der Waals surface area contributed by atoms with Crippen molar-refractivity contribution in [3.63, 3.8) is 0 Å². The van der Waals surface area contributed by atoms with Crippen LogP contribution in [-0.2, 0) is 11.2 Å². The third kappa shape index (κ3) is 2.81. The van der Waals surface area contributed by atoms with Crippen molar-refractivity contribution >= 4 is 27.5 Å². The molecule has 2 aromatic rings. The molecule has 0 aliphatic carbocycles. The molecule has 0 radical (unpaired) electrons. The largest absolute Gasteiger partial charge is 0.494 e. The lowest BCUT2D eigenvalue weighted by Gasteiger charge is -2.13. The maximum atomic E-state index is 12.2. The molecule has 3 nitrogen and oxygen atoms in total. The molecule has 1 N–H and O–H groups in total. The number of nitrogens with one attached hydrogen (secondary N) is 1. The third-order valence-corrected chi connectivity index (χ3v) is 4.15. The van der Waals surface area contributed by atoms with Crippen molar-refractivity contribution in [3.05, 3.63) is 58.1 Å². The number of carbonyl (C=O) groups is 1. The fraction of sp³-hybridized carbons (Fsp3) is 0.235. The average molecular weight is 346 g/mol. The maximum Gasteiger partial charge on any atom is 0.232 e. The smallest absolute Gasteiger partial charge is 0.232 e. The second-order valence-electron chi connectivity index (χ2n) is 5.02. The van der Waals surface area contributed by atoms with Gasteiger partial charge in [-0.15, -0.1) is 0 Å². The molecule has 0 saturated carbocycles. The first-order valence-electron chi connectivity index (χ1n) is 7.00. The highest BCUT2D eigenvalue weighted by Crippen LogP contribution is 2.37. The van der Waals surface area contributed by atoms with Crippen LogP contribution in [0.25, 0.3) is 0 Å². The number of carbonyl (C=O) groups excluding carboxylic acids is 1. The summed E-state index contributed by atoms with van der Waals surface area (Å²) in [6, 6.07) is 13.8. The highest BCUT2D eigenvalue weighted by Gasteiger charge is 2.31. The fourth-order valence-electron chi connectivity index (χ4n) is 2.69. The lowest BCUT2D eigenvalue weighted by molar-refractivity contribution is -0.117. The van der Waals surface area contributed by atoms with Crippen molar-refractivity contribution in [1.29, 1.82) is 0 Å². The number of rotatable bonds is 4. The molecule has 0 saturated heterocycles. The molecule has 108 valence electrons. The Kier molecular flexibility index (Phi) is 3.97. The van der Waals surface area contributed by atoms with E-state index in [0.717, 1.165) is 27.0 Å². The van der Waals surface area contributed by atoms with E-state index in [-0.39, 0.29) is 11.8 Å². The standard InChI is InChI=1S/C17H16BrNO2/c1-2-21-16-6-4-3-5-11(16)9-14-13-10-12(18)7-8-15(13)19-17(14)20/h3-8,10,14H,2,9H2,1H3,(H,19,20)/t14-/m1/s1. The van der Waals surface area contributed by atoms with Crippen LogP contribution in [0.4, 0.5) is 5.69 Å². The van der Waals surface area contributed by atoms with Crippen LogP contribution in [0, 0.1) is 0 Å². The van der Waals surface area contributed by atoms with Gasteiger partial charge in [-0.1, -0.05) is 34.1 Å². The number of benzene rings is 2. The monoisotopic (exact) mass is 345 g/mol. The molecular formula is C17H16BrNO2. The number of anilines is 1. The Morgan fingerprint density at radius 1 is 1.24 bits per heavy atom. The summed E-state index contributed by atoms with van der Waals surface area (Å²) in [5.74, 6) is 0.741. The van der Waals surface area contributed by atoms with Gasteiger partial charge in [-0.3, -0.25) is 4.79 Å². The predicted octanol–water partition coefficient (Wildman–Crippen LogP) is 4.13. The van der Waals surface area contributed by atoms with Gasteiger partial charge in [0.05, 0.1) is 12.5 Å². The Morgan fingerprint density at radius 3 is 2.86 bits per heavy atom. The molecule has 1 heterocycles. The summed E-state index contributed by atoms with van der Waals surface area (Å²) in [5, 5.41) is 2.95. The number of hydrogen-bond donors (Lipinski definition) is 1. The molecule has 1 aliphatic heterocycles. The molecule has 0 spiro atoms. The number of halogens is 1. The van der Waals surface area contributed by atoms with E-state index < -0.39 is 0 Å². The van der Waals surface area contributed by atoms with E-state index in [1.807, 2.05) is 49.4 Å². The molecule has 1 atom stereocenters. The van der Waals surface area contributed by atoms with Crippen LogP contribution >= 0.6 is 15.9 Å². The van der Waals surface area contributed by atoms with E-state index in [1.165, 1.54) is 0 Å². The van der Waals surface area contributed by atoms with Crippen LogP contribution in [0.1, 0.15) is 24.0 Å². The van der Waals surface area contributed by atoms with Gasteiger partial charge in [0, 0.05) is 10.2 Å². The van der Waals surface area contributed by atoms with Gasteiger partial charge in [-0.25, -0.2) is 0 Å². The zero-order chi connectivity index (χ0) is 14.8. The Balaban J connectivity index is 1.93. The highest BCUT2D eigenvalue weighted by molar-refractivity contribution is 9.10. The van der Waals surface area contributed by atoms with Gasteiger partial charge in [0.2, 0.25) is 5.91 Å². The van der Waals surface area contributed by atoms with Gasteiger partial charge in [0.25, 0.3) is 0 Å². The number of fused-ring (bicyclic) bond motifs is 1. The number of para-hydroxylation sites is 1. The van der Waals surface area contributed by atoms with Crippen molar-refractivity contribution in [2.24, 2.45) is 0 Å². The number of hydrogen-bond acceptors (Lipinski definition) is 2. The summed E-state index contributed by atoms with van der Waals surface area (Å²) in [6.45, 7) is 2.58. The van der Waals surface area contributed by atoms with Gasteiger partial charge in [-0.2, -0.15) is 0 Å². The van der Waals surface area contributed by atoms with E-state index in [1.54, 1.807) is 0 Å². The van der Waals surface area contributed by atoms with Crippen molar-refractivity contribution in [3.8, 4) is 5.75 Å². The molecule has 0 bridgehead atoms. The molecule has 1 amide bonds. The Bertz CT molecular complexity index is 684. The van der Waals surface area contributed by atoms with E-state index in [0.29, 0.717) is 13.0 Å². The van der Waals surface area contributed by atoms with Gasteiger partial charge in [0.15, 0.2) is 0 Å². The molecule has 2 aromatic carbocycles. The van der Waals surface area contributed by atoms with Crippen LogP contribution in [0.2, 0.25) is 0 Å². The first-order valence-corrected chi connectivity index (χ1v) is 7.79. The highest BCUT2D eigenvalue weighted by atomic mass is 79.9. The lowest BCUT2D eigenvalue weighted by Crippen LogP contribution is -2.14. The zero-order valence-corrected chi connectivity index (χ0v) is 13.3. The first-order chi connectivity index (χ1) is 10.2. The van der Waals surface area contributed by atoms with E-state index in [4.69, 9.17) is 4.74 Å². The van der Waals surface area contributed by atoms with Gasteiger partial charge in [-0.05, 0) is 48.7 Å². The quantitative estimate of drug-likeness (QED) is 0.904. The summed E-state index contributed by atoms with van der Waals surface area (Å²) in [7, 11) is 0. The first kappa shape index (κ1) is 14.1. The molecule has 0 fully saturated rings. The van der Waals surface area contributed by atoms with Gasteiger partial charge >= 0.3 is 0 Å². The topological polar surface area (TPSA) is 38.3 Å². The normalized spacial score (nSPS) is 16.5. The van der Waals surface area contributed by atoms with Crippen LogP contribution < -0.4 is 10.1 Å². The summed E-state index contributed by atoms with van der Waals surface area (Å²) in [5.41, 5.74) is 3.01. The maximum absolute atomic E-state index is 12.2. The van der Waals surface area contributed by atoms with E-state index >= 15 is 0 Å². The van der Waals surface area contributed by atoms with Crippen LogP contribution in [-0.4, -0.2) is 12.5 Å². The minimum absolute atomic E-state index is 0.0504. The van der Waals surface area contributed by atoms with Crippen LogP contribution in [0.5, 0.6) is 5.75 Å². The number of ether oxygens (including phenoxy) is 1. The van der Waals surface area contributed by atoms with Crippen molar-refractivity contribution < 1.29 is 9.53 Å². The van der Waals surface area contributed by atoms with Crippen molar-refractivity contribution in [2.45, 2.75) is 19.3 Å². The molecule has 21 heavy (non-hydrogen) atoms. The van der Waals surface area contributed by atoms with E-state index in [2.05, 4.69) is 21.2 Å². The lowest BCUT2D eigenvalue weighted by atomic mass is 9.93. The van der Waals surface area contributed by atoms with Crippen LogP contribution in [0.3, 0.4) is 0 Å². The number of amides is 1. The summed E-state index contributed by atoms with van der Waals surface area (Å²) < 4.78 is 6.64. The zero-order valence-electron chi connectivity index (χ0n) is 11.7. The SMILES string of the molecule is CCOc1ccccc1C[C@H]1C(=O)Nc2ccc(Br)cc21. The molecule has 3 rings (SSSR count). The molecule has 4 heteroatoms. The Labute approximate surface area is 132 Å². The molecular weight excluding hydrogens is 330 g/mol. The van der Waals surface area contributed by atoms with Gasteiger partial charge < -0.3 is 10.1 Å². The average Bonchev–Trinajstić information content (AvgIpc) is 2.77. The molecule has 0 unspecified atom stereocenters. The predicted molar refractivity (Wildman–Crippen MR) is 86.8 cm³/mol. The third-order valence-electron chi connectivity index (χ3n) is 3.66. The Hall–Kier alpha value is -1.81. The van der Waals surface area contributed by atoms with Crippen molar-refractivity contribution in [2.75, 3.05) is 11.9 Å². The molecule has 1 aliphatic rings. The summed E-state index contributed by atoms with van der Waals surface area (Å²) >= 11 is 3.47. The second kappa shape index (κ2) is 5.90. The summed E-state index contributed by atoms with van der Waals surface area (Å²) in [6.07, 6.45) is 0.644. The fourth-order valence-corrected chi connectivity index (χ4v) is 3.07. The second-order valence-corrected chi connectivity index (χ2v) is 5.93. The van der Waals surface area contributed by atoms with Crippen molar-refractivity contribution in [1.82, 2.24) is 0 Å². The van der Waals surface area contributed by atoms with E-state index in [9.17, 15) is 4.79 Å². The Morgan fingerprint density at radius 2 is 2.05 bits per heavy atom.